The first-order valence-corrected chi connectivity index (χ1v) is 9.03. The van der Waals surface area contributed by atoms with Crippen molar-refractivity contribution in [2.45, 2.75) is 0 Å². The van der Waals surface area contributed by atoms with Crippen LogP contribution in [0.1, 0.15) is 5.56 Å². The molecule has 1 heterocycles. The Bertz CT molecular complexity index is 1140. The second-order valence-electron chi connectivity index (χ2n) is 5.78. The number of rotatable bonds is 4. The van der Waals surface area contributed by atoms with Gasteiger partial charge in [0.25, 0.3) is 0 Å². The number of nitrogens with zero attached hydrogens (tertiary/aromatic N) is 3. The Kier molecular flexibility index (Phi) is 5.01. The fourth-order valence-electron chi connectivity index (χ4n) is 2.67. The van der Waals surface area contributed by atoms with Gasteiger partial charge in [-0.1, -0.05) is 65.7 Å². The summed E-state index contributed by atoms with van der Waals surface area (Å²) in [4.78, 5) is 9.27. The summed E-state index contributed by atoms with van der Waals surface area (Å²) >= 11 is 12.5. The van der Waals surface area contributed by atoms with Crippen molar-refractivity contribution >= 4 is 46.1 Å². The molecule has 0 aliphatic carbocycles. The number of halogens is 2. The summed E-state index contributed by atoms with van der Waals surface area (Å²) in [7, 11) is 0. The van der Waals surface area contributed by atoms with Crippen molar-refractivity contribution in [1.29, 1.82) is 0 Å². The number of hydrogen-bond donors (Lipinski definition) is 1. The van der Waals surface area contributed by atoms with Gasteiger partial charge in [-0.15, -0.1) is 0 Å². The lowest BCUT2D eigenvalue weighted by atomic mass is 10.2. The van der Waals surface area contributed by atoms with Crippen LogP contribution in [0.4, 0.5) is 5.82 Å². The molecule has 0 amide bonds. The minimum Gasteiger partial charge on any atom is -0.261 e. The summed E-state index contributed by atoms with van der Waals surface area (Å²) in [6.07, 6.45) is 1.66. The SMILES string of the molecule is Clc1ccccc1C=NNc1nc(-c2ccccc2Cl)nc2ccccc12. The molecule has 3 aromatic carbocycles. The van der Waals surface area contributed by atoms with E-state index >= 15 is 0 Å². The number of fused-ring (bicyclic) bond motifs is 1. The van der Waals surface area contributed by atoms with Gasteiger partial charge in [0.15, 0.2) is 11.6 Å². The molecule has 1 aromatic heterocycles. The molecular weight excluding hydrogens is 379 g/mol. The highest BCUT2D eigenvalue weighted by Gasteiger charge is 2.11. The largest absolute Gasteiger partial charge is 0.261 e. The monoisotopic (exact) mass is 392 g/mol. The first-order valence-electron chi connectivity index (χ1n) is 8.27. The number of para-hydroxylation sites is 1. The molecule has 4 nitrogen and oxygen atoms in total. The Morgan fingerprint density at radius 2 is 1.48 bits per heavy atom. The Balaban J connectivity index is 1.75. The van der Waals surface area contributed by atoms with Gasteiger partial charge in [0.1, 0.15) is 0 Å². The zero-order valence-corrected chi connectivity index (χ0v) is 15.6. The van der Waals surface area contributed by atoms with Crippen molar-refractivity contribution in [2.24, 2.45) is 5.10 Å². The molecule has 0 atom stereocenters. The van der Waals surface area contributed by atoms with E-state index in [-0.39, 0.29) is 0 Å². The quantitative estimate of drug-likeness (QED) is 0.339. The number of hydrazone groups is 1. The molecule has 0 fully saturated rings. The Morgan fingerprint density at radius 3 is 2.30 bits per heavy atom. The number of anilines is 1. The van der Waals surface area contributed by atoms with Crippen molar-refractivity contribution in [3.8, 4) is 11.4 Å². The average Bonchev–Trinajstić information content (AvgIpc) is 2.69. The Morgan fingerprint density at radius 1 is 0.778 bits per heavy atom. The van der Waals surface area contributed by atoms with Gasteiger partial charge < -0.3 is 0 Å². The van der Waals surface area contributed by atoms with Gasteiger partial charge in [0.2, 0.25) is 0 Å². The maximum absolute atomic E-state index is 6.32. The summed E-state index contributed by atoms with van der Waals surface area (Å²) in [5.74, 6) is 1.13. The summed E-state index contributed by atoms with van der Waals surface area (Å²) < 4.78 is 0. The van der Waals surface area contributed by atoms with Gasteiger partial charge in [-0.05, 0) is 30.3 Å². The van der Waals surface area contributed by atoms with Gasteiger partial charge in [0, 0.05) is 21.5 Å². The van der Waals surface area contributed by atoms with Crippen molar-refractivity contribution in [2.75, 3.05) is 5.43 Å². The zero-order valence-electron chi connectivity index (χ0n) is 14.1. The maximum Gasteiger partial charge on any atom is 0.163 e. The molecule has 27 heavy (non-hydrogen) atoms. The Labute approximate surface area is 166 Å². The molecule has 0 saturated carbocycles. The summed E-state index contributed by atoms with van der Waals surface area (Å²) in [5, 5.41) is 6.39. The fraction of sp³-hybridized carbons (Fsp3) is 0. The lowest BCUT2D eigenvalue weighted by Gasteiger charge is -2.09. The molecule has 0 aliphatic rings. The predicted molar refractivity (Wildman–Crippen MR) is 113 cm³/mol. The highest BCUT2D eigenvalue weighted by Crippen LogP contribution is 2.29. The first kappa shape index (κ1) is 17.5. The fourth-order valence-corrected chi connectivity index (χ4v) is 3.07. The van der Waals surface area contributed by atoms with Crippen LogP contribution in [0.3, 0.4) is 0 Å². The van der Waals surface area contributed by atoms with E-state index in [4.69, 9.17) is 23.2 Å². The van der Waals surface area contributed by atoms with Crippen LogP contribution in [0.5, 0.6) is 0 Å². The van der Waals surface area contributed by atoms with E-state index in [9.17, 15) is 0 Å². The van der Waals surface area contributed by atoms with Crippen LogP contribution in [0.15, 0.2) is 77.9 Å². The molecule has 0 aliphatic heterocycles. The third-order valence-corrected chi connectivity index (χ3v) is 4.67. The molecule has 0 unspecified atom stereocenters. The van der Waals surface area contributed by atoms with Gasteiger partial charge >= 0.3 is 0 Å². The molecule has 4 aromatic rings. The predicted octanol–water partition coefficient (Wildman–Crippen LogP) is 6.05. The molecule has 6 heteroatoms. The lowest BCUT2D eigenvalue weighted by Crippen LogP contribution is -1.99. The number of aromatic nitrogens is 2. The molecule has 4 rings (SSSR count). The topological polar surface area (TPSA) is 50.2 Å². The van der Waals surface area contributed by atoms with Crippen LogP contribution in [-0.4, -0.2) is 16.2 Å². The van der Waals surface area contributed by atoms with Gasteiger partial charge in [-0.2, -0.15) is 5.10 Å². The lowest BCUT2D eigenvalue weighted by molar-refractivity contribution is 1.19. The highest BCUT2D eigenvalue weighted by atomic mass is 35.5. The van der Waals surface area contributed by atoms with Gasteiger partial charge in [-0.3, -0.25) is 5.43 Å². The van der Waals surface area contributed by atoms with Crippen LogP contribution in [-0.2, 0) is 0 Å². The highest BCUT2D eigenvalue weighted by molar-refractivity contribution is 6.33. The van der Waals surface area contributed by atoms with E-state index in [0.29, 0.717) is 21.7 Å². The second kappa shape index (κ2) is 7.74. The van der Waals surface area contributed by atoms with Crippen molar-refractivity contribution in [3.63, 3.8) is 0 Å². The van der Waals surface area contributed by atoms with Gasteiger partial charge in [-0.25, -0.2) is 9.97 Å². The van der Waals surface area contributed by atoms with Crippen LogP contribution in [0.25, 0.3) is 22.3 Å². The van der Waals surface area contributed by atoms with Crippen LogP contribution < -0.4 is 5.43 Å². The first-order chi connectivity index (χ1) is 13.2. The minimum atomic E-state index is 0.537. The normalized spacial score (nSPS) is 11.2. The average molecular weight is 393 g/mol. The second-order valence-corrected chi connectivity index (χ2v) is 6.60. The number of nitrogens with one attached hydrogen (secondary N) is 1. The number of hydrogen-bond acceptors (Lipinski definition) is 4. The van der Waals surface area contributed by atoms with Crippen molar-refractivity contribution in [1.82, 2.24) is 9.97 Å². The van der Waals surface area contributed by atoms with Gasteiger partial charge in [0.05, 0.1) is 16.8 Å². The molecule has 1 N–H and O–H groups in total. The molecule has 0 saturated heterocycles. The summed E-state index contributed by atoms with van der Waals surface area (Å²) in [6, 6.07) is 22.7. The van der Waals surface area contributed by atoms with Crippen molar-refractivity contribution in [3.05, 3.63) is 88.4 Å². The Hall–Kier alpha value is -2.95. The van der Waals surface area contributed by atoms with E-state index in [2.05, 4.69) is 20.5 Å². The van der Waals surface area contributed by atoms with E-state index < -0.39 is 0 Å². The molecule has 0 radical (unpaired) electrons. The van der Waals surface area contributed by atoms with E-state index in [1.807, 2.05) is 72.8 Å². The van der Waals surface area contributed by atoms with E-state index in [0.717, 1.165) is 22.0 Å². The standard InChI is InChI=1S/C21H14Cl2N4/c22-17-10-4-1-7-14(17)13-24-27-21-16-9-3-6-12-19(16)25-20(26-21)15-8-2-5-11-18(15)23/h1-13H,(H,25,26,27). The van der Waals surface area contributed by atoms with Crippen molar-refractivity contribution < 1.29 is 0 Å². The number of benzene rings is 3. The van der Waals surface area contributed by atoms with Crippen LogP contribution >= 0.6 is 23.2 Å². The maximum atomic E-state index is 6.32. The van der Waals surface area contributed by atoms with Crippen LogP contribution in [0.2, 0.25) is 10.0 Å². The minimum absolute atomic E-state index is 0.537. The summed E-state index contributed by atoms with van der Waals surface area (Å²) in [5.41, 5.74) is 5.40. The third-order valence-electron chi connectivity index (χ3n) is 4.00. The summed E-state index contributed by atoms with van der Waals surface area (Å²) in [6.45, 7) is 0. The molecule has 0 bridgehead atoms. The molecular formula is C21H14Cl2N4. The van der Waals surface area contributed by atoms with E-state index in [1.165, 1.54) is 0 Å². The zero-order chi connectivity index (χ0) is 18.6. The smallest absolute Gasteiger partial charge is 0.163 e. The third kappa shape index (κ3) is 3.77. The van der Waals surface area contributed by atoms with E-state index in [1.54, 1.807) is 6.21 Å². The van der Waals surface area contributed by atoms with Crippen LogP contribution in [0, 0.1) is 0 Å². The molecule has 0 spiro atoms. The molecule has 132 valence electrons.